The monoisotopic (exact) mass is 184 g/mol. The molecular weight excluding hydrogens is 168 g/mol. The Bertz CT molecular complexity index is 183. The molecule has 0 radical (unpaired) electrons. The molecule has 0 saturated carbocycles. The lowest BCUT2D eigenvalue weighted by atomic mass is 10.3. The largest absolute Gasteiger partial charge is 0.463 e. The molecule has 13 heavy (non-hydrogen) atoms. The zero-order chi connectivity index (χ0) is 9.94. The Morgan fingerprint density at radius 2 is 2.15 bits per heavy atom. The first-order chi connectivity index (χ1) is 6.31. The van der Waals surface area contributed by atoms with Gasteiger partial charge in [-0.15, -0.1) is 0 Å². The van der Waals surface area contributed by atoms with Crippen LogP contribution in [0.4, 0.5) is 0 Å². The molecule has 3 nitrogen and oxygen atoms in total. The Morgan fingerprint density at radius 1 is 1.38 bits per heavy atom. The highest BCUT2D eigenvalue weighted by molar-refractivity contribution is 5.82. The normalized spacial score (nSPS) is 11.2. The maximum atomic E-state index is 10.9. The molecule has 0 saturated heterocycles. The second-order valence-corrected chi connectivity index (χ2v) is 2.48. The second-order valence-electron chi connectivity index (χ2n) is 2.48. The number of ether oxygens (including phenoxy) is 1. The Balaban J connectivity index is 3.40. The summed E-state index contributed by atoms with van der Waals surface area (Å²) < 4.78 is 4.82. The van der Waals surface area contributed by atoms with Crippen molar-refractivity contribution in [2.24, 2.45) is 0 Å². The quantitative estimate of drug-likeness (QED) is 0.294. The number of esters is 1. The van der Waals surface area contributed by atoms with Crippen LogP contribution in [0.15, 0.2) is 24.3 Å². The fourth-order valence-corrected chi connectivity index (χ4v) is 0.680. The first-order valence-electron chi connectivity index (χ1n) is 4.38. The van der Waals surface area contributed by atoms with Gasteiger partial charge < -0.3 is 9.84 Å². The average molecular weight is 184 g/mol. The Kier molecular flexibility index (Phi) is 8.25. The highest BCUT2D eigenvalue weighted by Gasteiger charge is 1.94. The molecule has 0 aliphatic carbocycles. The van der Waals surface area contributed by atoms with Crippen molar-refractivity contribution in [3.63, 3.8) is 0 Å². The summed E-state index contributed by atoms with van der Waals surface area (Å²) in [6, 6.07) is 0. The van der Waals surface area contributed by atoms with E-state index < -0.39 is 0 Å². The molecule has 0 bridgehead atoms. The third kappa shape index (κ3) is 8.82. The molecule has 74 valence electrons. The van der Waals surface area contributed by atoms with Gasteiger partial charge >= 0.3 is 5.97 Å². The summed E-state index contributed by atoms with van der Waals surface area (Å²) in [6.45, 7) is 2.39. The molecule has 0 atom stereocenters. The van der Waals surface area contributed by atoms with Gasteiger partial charge in [-0.3, -0.25) is 0 Å². The SMILES string of the molecule is CC=CC=CC(=O)OCCCCO. The van der Waals surface area contributed by atoms with Gasteiger partial charge in [0.1, 0.15) is 0 Å². The molecule has 3 heteroatoms. The van der Waals surface area contributed by atoms with Crippen LogP contribution in [0.25, 0.3) is 0 Å². The van der Waals surface area contributed by atoms with Gasteiger partial charge in [-0.05, 0) is 19.8 Å². The summed E-state index contributed by atoms with van der Waals surface area (Å²) in [5, 5.41) is 8.44. The van der Waals surface area contributed by atoms with Gasteiger partial charge in [0.25, 0.3) is 0 Å². The number of aliphatic hydroxyl groups excluding tert-OH is 1. The smallest absolute Gasteiger partial charge is 0.330 e. The predicted molar refractivity (Wildman–Crippen MR) is 51.2 cm³/mol. The van der Waals surface area contributed by atoms with Crippen LogP contribution in [-0.4, -0.2) is 24.3 Å². The van der Waals surface area contributed by atoms with E-state index in [4.69, 9.17) is 9.84 Å². The minimum Gasteiger partial charge on any atom is -0.463 e. The van der Waals surface area contributed by atoms with E-state index in [1.54, 1.807) is 12.2 Å². The van der Waals surface area contributed by atoms with Crippen molar-refractivity contribution in [2.45, 2.75) is 19.8 Å². The first kappa shape index (κ1) is 11.9. The van der Waals surface area contributed by atoms with Gasteiger partial charge in [0, 0.05) is 12.7 Å². The van der Waals surface area contributed by atoms with Crippen molar-refractivity contribution in [1.82, 2.24) is 0 Å². The van der Waals surface area contributed by atoms with Crippen molar-refractivity contribution in [3.8, 4) is 0 Å². The topological polar surface area (TPSA) is 46.5 Å². The van der Waals surface area contributed by atoms with Crippen molar-refractivity contribution >= 4 is 5.97 Å². The summed E-state index contributed by atoms with van der Waals surface area (Å²) in [7, 11) is 0. The lowest BCUT2D eigenvalue weighted by Gasteiger charge is -1.99. The molecular formula is C10H16O3. The highest BCUT2D eigenvalue weighted by atomic mass is 16.5. The highest BCUT2D eigenvalue weighted by Crippen LogP contribution is 1.90. The lowest BCUT2D eigenvalue weighted by molar-refractivity contribution is -0.137. The van der Waals surface area contributed by atoms with Gasteiger partial charge in [0.15, 0.2) is 0 Å². The molecule has 0 heterocycles. The number of hydrogen-bond acceptors (Lipinski definition) is 3. The van der Waals surface area contributed by atoms with E-state index in [1.807, 2.05) is 13.0 Å². The summed E-state index contributed by atoms with van der Waals surface area (Å²) in [4.78, 5) is 10.9. The van der Waals surface area contributed by atoms with E-state index in [9.17, 15) is 4.79 Å². The summed E-state index contributed by atoms with van der Waals surface area (Å²) in [5.41, 5.74) is 0. The number of carbonyl (C=O) groups is 1. The van der Waals surface area contributed by atoms with E-state index in [2.05, 4.69) is 0 Å². The first-order valence-corrected chi connectivity index (χ1v) is 4.38. The van der Waals surface area contributed by atoms with Crippen LogP contribution >= 0.6 is 0 Å². The second kappa shape index (κ2) is 9.00. The van der Waals surface area contributed by atoms with Crippen LogP contribution in [0.5, 0.6) is 0 Å². The average Bonchev–Trinajstić information content (AvgIpc) is 2.13. The molecule has 0 aliphatic heterocycles. The van der Waals surface area contributed by atoms with Crippen LogP contribution in [-0.2, 0) is 9.53 Å². The fraction of sp³-hybridized carbons (Fsp3) is 0.500. The molecule has 1 N–H and O–H groups in total. The zero-order valence-electron chi connectivity index (χ0n) is 7.90. The molecule has 0 fully saturated rings. The molecule has 0 rings (SSSR count). The molecule has 0 aromatic rings. The Hall–Kier alpha value is -1.09. The molecule has 0 amide bonds. The summed E-state index contributed by atoms with van der Waals surface area (Å²) in [5.74, 6) is -0.337. The van der Waals surface area contributed by atoms with E-state index in [1.165, 1.54) is 6.08 Å². The number of allylic oxidation sites excluding steroid dienone is 3. The minimum atomic E-state index is -0.337. The van der Waals surface area contributed by atoms with Crippen LogP contribution in [0, 0.1) is 0 Å². The van der Waals surface area contributed by atoms with Crippen molar-refractivity contribution < 1.29 is 14.6 Å². The zero-order valence-corrected chi connectivity index (χ0v) is 7.90. The maximum Gasteiger partial charge on any atom is 0.330 e. The predicted octanol–water partition coefficient (Wildman–Crippen LogP) is 1.43. The van der Waals surface area contributed by atoms with Gasteiger partial charge in [0.05, 0.1) is 6.61 Å². The van der Waals surface area contributed by atoms with Crippen molar-refractivity contribution in [3.05, 3.63) is 24.3 Å². The van der Waals surface area contributed by atoms with Crippen molar-refractivity contribution in [2.75, 3.05) is 13.2 Å². The van der Waals surface area contributed by atoms with Gasteiger partial charge in [-0.1, -0.05) is 18.2 Å². The molecule has 0 aromatic heterocycles. The number of rotatable bonds is 6. The van der Waals surface area contributed by atoms with E-state index in [-0.39, 0.29) is 12.6 Å². The lowest BCUT2D eigenvalue weighted by Crippen LogP contribution is -2.02. The van der Waals surface area contributed by atoms with Crippen molar-refractivity contribution in [1.29, 1.82) is 0 Å². The van der Waals surface area contributed by atoms with E-state index in [0.29, 0.717) is 19.4 Å². The van der Waals surface area contributed by atoms with Crippen LogP contribution < -0.4 is 0 Å². The van der Waals surface area contributed by atoms with Gasteiger partial charge in [-0.2, -0.15) is 0 Å². The molecule has 0 unspecified atom stereocenters. The third-order valence-corrected chi connectivity index (χ3v) is 1.33. The fourth-order valence-electron chi connectivity index (χ4n) is 0.680. The van der Waals surface area contributed by atoms with Crippen LogP contribution in [0.3, 0.4) is 0 Å². The molecule has 0 aromatic carbocycles. The Labute approximate surface area is 78.7 Å². The molecule has 0 aliphatic rings. The van der Waals surface area contributed by atoms with E-state index in [0.717, 1.165) is 0 Å². The maximum absolute atomic E-state index is 10.9. The number of unbranched alkanes of at least 4 members (excludes halogenated alkanes) is 1. The van der Waals surface area contributed by atoms with E-state index >= 15 is 0 Å². The number of aliphatic hydroxyl groups is 1. The standard InChI is InChI=1S/C10H16O3/c1-2-3-4-7-10(12)13-9-6-5-8-11/h2-4,7,11H,5-6,8-9H2,1H3. The third-order valence-electron chi connectivity index (χ3n) is 1.33. The van der Waals surface area contributed by atoms with Crippen LogP contribution in [0.1, 0.15) is 19.8 Å². The number of carbonyl (C=O) groups excluding carboxylic acids is 1. The molecule has 0 spiro atoms. The number of hydrogen-bond donors (Lipinski definition) is 1. The Morgan fingerprint density at radius 3 is 2.77 bits per heavy atom. The van der Waals surface area contributed by atoms with Gasteiger partial charge in [-0.25, -0.2) is 4.79 Å². The minimum absolute atomic E-state index is 0.145. The summed E-state index contributed by atoms with van der Waals surface area (Å²) in [6.07, 6.45) is 7.98. The summed E-state index contributed by atoms with van der Waals surface area (Å²) >= 11 is 0. The van der Waals surface area contributed by atoms with Crippen LogP contribution in [0.2, 0.25) is 0 Å². The van der Waals surface area contributed by atoms with Gasteiger partial charge in [0.2, 0.25) is 0 Å².